The molecule has 0 fully saturated rings. The standard InChI is InChI=1S/C34H36NO/c1-20(2)16-22-12-13-23-18-29-31-26(27(23)17-22)14-15-35(7)32(31)30-21(3)24-10-8-9-11-25(24)28(33(30)36-29)19-34(4,5)6/h8-15,17-18,20H,16,19H2,1-7H3/q+1. The van der Waals surface area contributed by atoms with Crippen LogP contribution in [0, 0.1) is 18.3 Å². The van der Waals surface area contributed by atoms with E-state index < -0.39 is 0 Å². The molecule has 4 aromatic carbocycles. The number of ether oxygens (including phenoxy) is 1. The van der Waals surface area contributed by atoms with Crippen LogP contribution in [0.4, 0.5) is 0 Å². The van der Waals surface area contributed by atoms with Crippen molar-refractivity contribution in [1.82, 2.24) is 0 Å². The minimum Gasteiger partial charge on any atom is -0.455 e. The number of benzene rings is 4. The molecule has 0 unspecified atom stereocenters. The molecule has 1 aromatic heterocycles. The van der Waals surface area contributed by atoms with Crippen LogP contribution in [0.2, 0.25) is 0 Å². The van der Waals surface area contributed by atoms with Crippen LogP contribution in [0.1, 0.15) is 51.3 Å². The Morgan fingerprint density at radius 2 is 1.64 bits per heavy atom. The largest absolute Gasteiger partial charge is 0.455 e. The van der Waals surface area contributed by atoms with E-state index in [0.717, 1.165) is 24.3 Å². The van der Waals surface area contributed by atoms with E-state index in [0.29, 0.717) is 5.92 Å². The molecule has 36 heavy (non-hydrogen) atoms. The van der Waals surface area contributed by atoms with Crippen molar-refractivity contribution in [1.29, 1.82) is 0 Å². The van der Waals surface area contributed by atoms with Crippen LogP contribution < -0.4 is 9.30 Å². The normalized spacial score (nSPS) is 13.0. The maximum atomic E-state index is 6.96. The summed E-state index contributed by atoms with van der Waals surface area (Å²) in [6, 6.07) is 20.3. The first-order valence-electron chi connectivity index (χ1n) is 13.2. The van der Waals surface area contributed by atoms with Gasteiger partial charge in [0.15, 0.2) is 6.20 Å². The van der Waals surface area contributed by atoms with Gasteiger partial charge in [-0.05, 0) is 69.8 Å². The fraction of sp³-hybridized carbons (Fsp3) is 0.324. The second-order valence-corrected chi connectivity index (χ2v) is 12.3. The predicted molar refractivity (Wildman–Crippen MR) is 152 cm³/mol. The summed E-state index contributed by atoms with van der Waals surface area (Å²) in [5.41, 5.74) is 6.65. The number of pyridine rings is 1. The SMILES string of the molecule is Cc1c2c(c(CC(C)(C)C)c3ccccc13)Oc1cc3ccc(CC(C)C)cc3c3cc[n+](C)c-2c13. The third-order valence-corrected chi connectivity index (χ3v) is 7.60. The van der Waals surface area contributed by atoms with E-state index in [4.69, 9.17) is 4.74 Å². The Kier molecular flexibility index (Phi) is 5.16. The number of hydrogen-bond donors (Lipinski definition) is 0. The van der Waals surface area contributed by atoms with Crippen molar-refractivity contribution in [3.63, 3.8) is 0 Å². The summed E-state index contributed by atoms with van der Waals surface area (Å²) in [6.45, 7) is 13.8. The highest BCUT2D eigenvalue weighted by atomic mass is 16.5. The van der Waals surface area contributed by atoms with Gasteiger partial charge < -0.3 is 4.74 Å². The molecule has 6 rings (SSSR count). The molecule has 2 heterocycles. The lowest BCUT2D eigenvalue weighted by Gasteiger charge is -2.28. The second kappa shape index (κ2) is 8.06. The lowest BCUT2D eigenvalue weighted by atomic mass is 9.81. The third-order valence-electron chi connectivity index (χ3n) is 7.60. The van der Waals surface area contributed by atoms with Gasteiger partial charge in [-0.1, -0.05) is 77.1 Å². The molecule has 0 amide bonds. The van der Waals surface area contributed by atoms with Crippen molar-refractivity contribution < 1.29 is 9.30 Å². The quantitative estimate of drug-likeness (QED) is 0.184. The number of aromatic nitrogens is 1. The van der Waals surface area contributed by atoms with E-state index in [1.54, 1.807) is 0 Å². The van der Waals surface area contributed by atoms with Gasteiger partial charge in [-0.25, -0.2) is 4.57 Å². The van der Waals surface area contributed by atoms with Gasteiger partial charge in [-0.2, -0.15) is 0 Å². The molecule has 0 N–H and O–H groups in total. The van der Waals surface area contributed by atoms with E-state index in [-0.39, 0.29) is 5.41 Å². The highest BCUT2D eigenvalue weighted by Gasteiger charge is 2.34. The van der Waals surface area contributed by atoms with E-state index >= 15 is 0 Å². The zero-order valence-corrected chi connectivity index (χ0v) is 22.6. The molecule has 0 saturated heterocycles. The Morgan fingerprint density at radius 3 is 2.36 bits per heavy atom. The summed E-state index contributed by atoms with van der Waals surface area (Å²) in [5.74, 6) is 2.64. The molecule has 1 aliphatic rings. The van der Waals surface area contributed by atoms with Crippen LogP contribution in [0.3, 0.4) is 0 Å². The van der Waals surface area contributed by atoms with E-state index in [2.05, 4.69) is 114 Å². The minimum atomic E-state index is 0.139. The van der Waals surface area contributed by atoms with Gasteiger partial charge in [0.05, 0.1) is 10.9 Å². The summed E-state index contributed by atoms with van der Waals surface area (Å²) in [5, 5.41) is 7.68. The Labute approximate surface area is 214 Å². The highest BCUT2D eigenvalue weighted by molar-refractivity contribution is 6.16. The van der Waals surface area contributed by atoms with Gasteiger partial charge in [-0.3, -0.25) is 0 Å². The lowest BCUT2D eigenvalue weighted by Crippen LogP contribution is -2.32. The zero-order valence-electron chi connectivity index (χ0n) is 22.6. The summed E-state index contributed by atoms with van der Waals surface area (Å²) < 4.78 is 9.25. The summed E-state index contributed by atoms with van der Waals surface area (Å²) in [6.07, 6.45) is 4.27. The topological polar surface area (TPSA) is 13.1 Å². The summed E-state index contributed by atoms with van der Waals surface area (Å²) >= 11 is 0. The Morgan fingerprint density at radius 1 is 0.889 bits per heavy atom. The zero-order chi connectivity index (χ0) is 25.4. The third kappa shape index (κ3) is 3.58. The maximum Gasteiger partial charge on any atom is 0.228 e. The molecule has 1 aliphatic heterocycles. The molecule has 0 bridgehead atoms. The van der Waals surface area contributed by atoms with Crippen LogP contribution in [-0.2, 0) is 19.9 Å². The molecule has 0 saturated carbocycles. The number of aryl methyl sites for hydroxylation is 2. The Hall–Kier alpha value is -3.39. The molecular formula is C34H36NO+. The molecule has 0 radical (unpaired) electrons. The van der Waals surface area contributed by atoms with Gasteiger partial charge in [0.2, 0.25) is 5.69 Å². The Bertz CT molecular complexity index is 1680. The van der Waals surface area contributed by atoms with Crippen molar-refractivity contribution in [2.75, 3.05) is 0 Å². The van der Waals surface area contributed by atoms with Crippen molar-refractivity contribution in [2.45, 2.75) is 54.4 Å². The number of fused-ring (bicyclic) bond motifs is 5. The number of hydrogen-bond acceptors (Lipinski definition) is 1. The summed E-state index contributed by atoms with van der Waals surface area (Å²) in [7, 11) is 2.17. The van der Waals surface area contributed by atoms with Gasteiger partial charge in [-0.15, -0.1) is 0 Å². The number of nitrogens with zero attached hydrogens (tertiary/aromatic N) is 1. The van der Waals surface area contributed by atoms with Crippen molar-refractivity contribution in [2.24, 2.45) is 18.4 Å². The first-order chi connectivity index (χ1) is 17.1. The van der Waals surface area contributed by atoms with E-state index in [9.17, 15) is 0 Å². The van der Waals surface area contributed by atoms with Gasteiger partial charge >= 0.3 is 0 Å². The average Bonchev–Trinajstić information content (AvgIpc) is 2.82. The molecule has 0 atom stereocenters. The molecule has 2 heteroatoms. The lowest BCUT2D eigenvalue weighted by molar-refractivity contribution is -0.659. The van der Waals surface area contributed by atoms with Gasteiger partial charge in [0.25, 0.3) is 0 Å². The average molecular weight is 475 g/mol. The van der Waals surface area contributed by atoms with Crippen LogP contribution >= 0.6 is 0 Å². The maximum absolute atomic E-state index is 6.96. The Balaban J connectivity index is 1.74. The highest BCUT2D eigenvalue weighted by Crippen LogP contribution is 2.52. The van der Waals surface area contributed by atoms with E-state index in [1.165, 1.54) is 60.3 Å². The monoisotopic (exact) mass is 474 g/mol. The summed E-state index contributed by atoms with van der Waals surface area (Å²) in [4.78, 5) is 0. The first kappa shape index (κ1) is 23.0. The van der Waals surface area contributed by atoms with Crippen molar-refractivity contribution >= 4 is 32.3 Å². The fourth-order valence-corrected chi connectivity index (χ4v) is 6.14. The second-order valence-electron chi connectivity index (χ2n) is 12.3. The predicted octanol–water partition coefficient (Wildman–Crippen LogP) is 8.84. The van der Waals surface area contributed by atoms with Crippen molar-refractivity contribution in [3.05, 3.63) is 77.5 Å². The fourth-order valence-electron chi connectivity index (χ4n) is 6.14. The van der Waals surface area contributed by atoms with Gasteiger partial charge in [0, 0.05) is 17.0 Å². The molecule has 182 valence electrons. The van der Waals surface area contributed by atoms with E-state index in [1.807, 2.05) is 0 Å². The smallest absolute Gasteiger partial charge is 0.228 e. The molecule has 0 aliphatic carbocycles. The van der Waals surface area contributed by atoms with Crippen LogP contribution in [0.5, 0.6) is 11.5 Å². The molecule has 5 aromatic rings. The molecular weight excluding hydrogens is 438 g/mol. The first-order valence-corrected chi connectivity index (χ1v) is 13.2. The number of rotatable bonds is 3. The van der Waals surface area contributed by atoms with Gasteiger partial charge in [0.1, 0.15) is 18.5 Å². The molecule has 0 spiro atoms. The van der Waals surface area contributed by atoms with Crippen LogP contribution in [0.25, 0.3) is 43.6 Å². The minimum absolute atomic E-state index is 0.139. The van der Waals surface area contributed by atoms with Crippen LogP contribution in [-0.4, -0.2) is 0 Å². The van der Waals surface area contributed by atoms with Crippen LogP contribution in [0.15, 0.2) is 60.8 Å². The van der Waals surface area contributed by atoms with Crippen molar-refractivity contribution in [3.8, 4) is 22.8 Å². The molecule has 2 nitrogen and oxygen atoms in total.